The van der Waals surface area contributed by atoms with Crippen LogP contribution in [0.2, 0.25) is 0 Å². The van der Waals surface area contributed by atoms with E-state index in [1.807, 2.05) is 18.9 Å². The first-order valence-corrected chi connectivity index (χ1v) is 5.95. The van der Waals surface area contributed by atoms with Crippen LogP contribution in [-0.4, -0.2) is 42.7 Å². The minimum absolute atomic E-state index is 0.0951. The maximum atomic E-state index is 13.2. The number of hydrogen-bond acceptors (Lipinski definition) is 4. The van der Waals surface area contributed by atoms with Crippen molar-refractivity contribution in [1.29, 1.82) is 0 Å². The van der Waals surface area contributed by atoms with Crippen LogP contribution in [0, 0.1) is 5.82 Å². The SMILES string of the molecule is COCC(C)N(C)Cc1ccc(F)cc1C(N)=NO. The van der Waals surface area contributed by atoms with Crippen LogP contribution in [0.5, 0.6) is 0 Å². The summed E-state index contributed by atoms with van der Waals surface area (Å²) in [5.41, 5.74) is 6.76. The quantitative estimate of drug-likeness (QED) is 0.354. The maximum absolute atomic E-state index is 13.2. The van der Waals surface area contributed by atoms with Gasteiger partial charge in [0.2, 0.25) is 0 Å². The first-order chi connectivity index (χ1) is 8.99. The van der Waals surface area contributed by atoms with Gasteiger partial charge in [-0.1, -0.05) is 11.2 Å². The Labute approximate surface area is 112 Å². The Balaban J connectivity index is 2.94. The summed E-state index contributed by atoms with van der Waals surface area (Å²) in [7, 11) is 3.58. The van der Waals surface area contributed by atoms with Crippen LogP contribution in [0.4, 0.5) is 4.39 Å². The number of methoxy groups -OCH3 is 1. The van der Waals surface area contributed by atoms with E-state index in [0.717, 1.165) is 5.56 Å². The lowest BCUT2D eigenvalue weighted by molar-refractivity contribution is 0.112. The molecule has 0 saturated carbocycles. The summed E-state index contributed by atoms with van der Waals surface area (Å²) in [4.78, 5) is 2.05. The number of oxime groups is 1. The van der Waals surface area contributed by atoms with Crippen molar-refractivity contribution >= 4 is 5.84 Å². The van der Waals surface area contributed by atoms with Crippen LogP contribution in [0.25, 0.3) is 0 Å². The third kappa shape index (κ3) is 4.18. The van der Waals surface area contributed by atoms with E-state index in [-0.39, 0.29) is 11.9 Å². The number of nitrogens with two attached hydrogens (primary N) is 1. The lowest BCUT2D eigenvalue weighted by Crippen LogP contribution is -2.33. The van der Waals surface area contributed by atoms with Crippen LogP contribution in [0.3, 0.4) is 0 Å². The Morgan fingerprint density at radius 3 is 2.84 bits per heavy atom. The molecule has 0 fully saturated rings. The molecule has 1 unspecified atom stereocenters. The Morgan fingerprint density at radius 2 is 2.26 bits per heavy atom. The number of ether oxygens (including phenoxy) is 1. The molecule has 0 bridgehead atoms. The van der Waals surface area contributed by atoms with Crippen molar-refractivity contribution in [3.05, 3.63) is 35.1 Å². The zero-order valence-corrected chi connectivity index (χ0v) is 11.4. The minimum atomic E-state index is -0.419. The van der Waals surface area contributed by atoms with Gasteiger partial charge in [0.1, 0.15) is 5.82 Å². The van der Waals surface area contributed by atoms with Crippen molar-refractivity contribution in [3.8, 4) is 0 Å². The molecular formula is C13H20FN3O2. The van der Waals surface area contributed by atoms with E-state index in [2.05, 4.69) is 5.16 Å². The third-order valence-corrected chi connectivity index (χ3v) is 3.04. The highest BCUT2D eigenvalue weighted by molar-refractivity contribution is 5.98. The van der Waals surface area contributed by atoms with E-state index in [4.69, 9.17) is 15.7 Å². The zero-order valence-electron chi connectivity index (χ0n) is 11.4. The van der Waals surface area contributed by atoms with Crippen LogP contribution >= 0.6 is 0 Å². The number of hydrogen-bond donors (Lipinski definition) is 2. The number of amidine groups is 1. The van der Waals surface area contributed by atoms with Crippen molar-refractivity contribution < 1.29 is 14.3 Å². The second-order valence-electron chi connectivity index (χ2n) is 4.51. The maximum Gasteiger partial charge on any atom is 0.170 e. The molecule has 0 saturated heterocycles. The fourth-order valence-electron chi connectivity index (χ4n) is 1.77. The standard InChI is InChI=1S/C13H20FN3O2/c1-9(8-19-3)17(2)7-10-4-5-11(14)6-12(10)13(15)16-18/h4-6,9,18H,7-8H2,1-3H3,(H2,15,16). The molecule has 1 aromatic carbocycles. The summed E-state index contributed by atoms with van der Waals surface area (Å²) in [5.74, 6) is -0.514. The molecular weight excluding hydrogens is 249 g/mol. The normalized spacial score (nSPS) is 13.8. The van der Waals surface area contributed by atoms with Crippen molar-refractivity contribution in [1.82, 2.24) is 4.90 Å². The highest BCUT2D eigenvalue weighted by Gasteiger charge is 2.14. The van der Waals surface area contributed by atoms with E-state index in [0.29, 0.717) is 18.7 Å². The number of likely N-dealkylation sites (N-methyl/N-ethyl adjacent to an activating group) is 1. The smallest absolute Gasteiger partial charge is 0.170 e. The Morgan fingerprint density at radius 1 is 1.58 bits per heavy atom. The predicted octanol–water partition coefficient (Wildman–Crippen LogP) is 1.39. The summed E-state index contributed by atoms with van der Waals surface area (Å²) in [6.45, 7) is 3.17. The van der Waals surface area contributed by atoms with E-state index in [1.165, 1.54) is 12.1 Å². The van der Waals surface area contributed by atoms with E-state index in [9.17, 15) is 4.39 Å². The largest absolute Gasteiger partial charge is 0.409 e. The molecule has 0 amide bonds. The first kappa shape index (κ1) is 15.4. The number of rotatable bonds is 6. The Bertz CT molecular complexity index is 452. The van der Waals surface area contributed by atoms with Gasteiger partial charge in [0.25, 0.3) is 0 Å². The van der Waals surface area contributed by atoms with E-state index < -0.39 is 5.82 Å². The minimum Gasteiger partial charge on any atom is -0.409 e. The fourth-order valence-corrected chi connectivity index (χ4v) is 1.77. The molecule has 1 aromatic rings. The molecule has 0 heterocycles. The zero-order chi connectivity index (χ0) is 14.4. The third-order valence-electron chi connectivity index (χ3n) is 3.04. The summed E-state index contributed by atoms with van der Waals surface area (Å²) in [6.07, 6.45) is 0. The van der Waals surface area contributed by atoms with Gasteiger partial charge in [-0.15, -0.1) is 0 Å². The molecule has 6 heteroatoms. The van der Waals surface area contributed by atoms with Gasteiger partial charge in [0.15, 0.2) is 5.84 Å². The average Bonchev–Trinajstić information content (AvgIpc) is 2.40. The molecule has 19 heavy (non-hydrogen) atoms. The second kappa shape index (κ2) is 7.06. The van der Waals surface area contributed by atoms with E-state index in [1.54, 1.807) is 13.2 Å². The van der Waals surface area contributed by atoms with Crippen molar-refractivity contribution in [2.45, 2.75) is 19.5 Å². The lowest BCUT2D eigenvalue weighted by atomic mass is 10.1. The van der Waals surface area contributed by atoms with Gasteiger partial charge in [-0.3, -0.25) is 4.90 Å². The second-order valence-corrected chi connectivity index (χ2v) is 4.51. The molecule has 0 spiro atoms. The average molecular weight is 269 g/mol. The summed E-state index contributed by atoms with van der Waals surface area (Å²) in [6, 6.07) is 4.46. The van der Waals surface area contributed by atoms with Crippen LogP contribution in [0.1, 0.15) is 18.1 Å². The molecule has 0 aliphatic heterocycles. The van der Waals surface area contributed by atoms with Gasteiger partial charge < -0.3 is 15.7 Å². The van der Waals surface area contributed by atoms with Crippen molar-refractivity contribution in [3.63, 3.8) is 0 Å². The number of halogens is 1. The van der Waals surface area contributed by atoms with Crippen molar-refractivity contribution in [2.24, 2.45) is 10.9 Å². The monoisotopic (exact) mass is 269 g/mol. The lowest BCUT2D eigenvalue weighted by Gasteiger charge is -2.25. The van der Waals surface area contributed by atoms with Gasteiger partial charge in [-0.25, -0.2) is 4.39 Å². The topological polar surface area (TPSA) is 71.1 Å². The van der Waals surface area contributed by atoms with Crippen molar-refractivity contribution in [2.75, 3.05) is 20.8 Å². The fraction of sp³-hybridized carbons (Fsp3) is 0.462. The molecule has 0 radical (unpaired) electrons. The van der Waals surface area contributed by atoms with Crippen LogP contribution in [0.15, 0.2) is 23.4 Å². The molecule has 3 N–H and O–H groups in total. The van der Waals surface area contributed by atoms with E-state index >= 15 is 0 Å². The predicted molar refractivity (Wildman–Crippen MR) is 71.7 cm³/mol. The van der Waals surface area contributed by atoms with Crippen LogP contribution in [-0.2, 0) is 11.3 Å². The Hall–Kier alpha value is -1.66. The molecule has 1 rings (SSSR count). The summed E-state index contributed by atoms with van der Waals surface area (Å²) in [5, 5.41) is 11.7. The van der Waals surface area contributed by atoms with Gasteiger partial charge in [0.05, 0.1) is 6.61 Å². The van der Waals surface area contributed by atoms with Gasteiger partial charge in [-0.05, 0) is 31.7 Å². The Kier molecular flexibility index (Phi) is 5.72. The van der Waals surface area contributed by atoms with Crippen LogP contribution < -0.4 is 5.73 Å². The van der Waals surface area contributed by atoms with Gasteiger partial charge >= 0.3 is 0 Å². The molecule has 5 nitrogen and oxygen atoms in total. The molecule has 1 atom stereocenters. The number of benzene rings is 1. The summed E-state index contributed by atoms with van der Waals surface area (Å²) < 4.78 is 18.3. The number of nitrogens with zero attached hydrogens (tertiary/aromatic N) is 2. The van der Waals surface area contributed by atoms with Gasteiger partial charge in [0, 0.05) is 25.3 Å². The molecule has 0 aromatic heterocycles. The molecule has 0 aliphatic rings. The molecule has 0 aliphatic carbocycles. The summed E-state index contributed by atoms with van der Waals surface area (Å²) >= 11 is 0. The molecule has 106 valence electrons. The first-order valence-electron chi connectivity index (χ1n) is 5.95. The highest BCUT2D eigenvalue weighted by Crippen LogP contribution is 2.14. The highest BCUT2D eigenvalue weighted by atomic mass is 19.1. The van der Waals surface area contributed by atoms with Gasteiger partial charge in [-0.2, -0.15) is 0 Å².